The first kappa shape index (κ1) is 14.4. The van der Waals surface area contributed by atoms with Crippen molar-refractivity contribution in [2.24, 2.45) is 0 Å². The van der Waals surface area contributed by atoms with Crippen LogP contribution in [0, 0.1) is 0 Å². The third-order valence-corrected chi connectivity index (χ3v) is 3.42. The second-order valence-electron chi connectivity index (χ2n) is 4.37. The van der Waals surface area contributed by atoms with Crippen LogP contribution in [-0.4, -0.2) is 21.0 Å². The minimum atomic E-state index is -3.82. The lowest BCUT2D eigenvalue weighted by Gasteiger charge is -2.27. The number of hydrogen-bond acceptors (Lipinski definition) is 4. The van der Waals surface area contributed by atoms with Gasteiger partial charge in [-0.3, -0.25) is 4.79 Å². The van der Waals surface area contributed by atoms with Crippen molar-refractivity contribution in [3.63, 3.8) is 0 Å². The van der Waals surface area contributed by atoms with Crippen molar-refractivity contribution in [2.45, 2.75) is 5.60 Å². The van der Waals surface area contributed by atoms with Crippen LogP contribution in [0.15, 0.2) is 60.7 Å². The molecule has 0 bridgehead atoms. The van der Waals surface area contributed by atoms with Crippen LogP contribution in [0.3, 0.4) is 0 Å². The van der Waals surface area contributed by atoms with Gasteiger partial charge in [-0.2, -0.15) is 8.42 Å². The summed E-state index contributed by atoms with van der Waals surface area (Å²) in [6, 6.07) is 17.1. The van der Waals surface area contributed by atoms with Gasteiger partial charge in [-0.25, -0.2) is 4.18 Å². The van der Waals surface area contributed by atoms with Gasteiger partial charge in [0.1, 0.15) is 0 Å². The molecule has 0 atom stereocenters. The molecule has 0 saturated carbocycles. The molecule has 0 amide bonds. The fraction of sp³-hybridized carbons (Fsp3) is 0.133. The molecule has 0 spiro atoms. The van der Waals surface area contributed by atoms with E-state index < -0.39 is 15.7 Å². The smallest absolute Gasteiger partial charge is 0.265 e. The lowest BCUT2D eigenvalue weighted by Crippen LogP contribution is -2.35. The van der Waals surface area contributed by atoms with Crippen molar-refractivity contribution >= 4 is 16.4 Å². The monoisotopic (exact) mass is 290 g/mol. The van der Waals surface area contributed by atoms with E-state index in [0.29, 0.717) is 17.4 Å². The van der Waals surface area contributed by atoms with E-state index in [1.165, 1.54) is 0 Å². The van der Waals surface area contributed by atoms with Crippen LogP contribution in [0.4, 0.5) is 0 Å². The standard InChI is InChI=1S/C15H14O4S/c1-20(17,18)19-15(12-16,13-8-4-2-5-9-13)14-10-6-3-7-11-14/h2-12H,1H3. The molecule has 2 aromatic carbocycles. The summed E-state index contributed by atoms with van der Waals surface area (Å²) >= 11 is 0. The van der Waals surface area contributed by atoms with E-state index in [1.807, 2.05) is 0 Å². The van der Waals surface area contributed by atoms with Crippen molar-refractivity contribution in [3.05, 3.63) is 71.8 Å². The molecule has 0 aliphatic carbocycles. The Hall–Kier alpha value is -1.98. The maximum atomic E-state index is 11.7. The second kappa shape index (κ2) is 5.56. The molecule has 0 fully saturated rings. The Morgan fingerprint density at radius 1 is 0.900 bits per heavy atom. The summed E-state index contributed by atoms with van der Waals surface area (Å²) in [6.45, 7) is 0. The average molecular weight is 290 g/mol. The van der Waals surface area contributed by atoms with E-state index >= 15 is 0 Å². The number of hydrogen-bond donors (Lipinski definition) is 0. The maximum Gasteiger partial charge on any atom is 0.265 e. The molecule has 104 valence electrons. The number of carbonyl (C=O) groups is 1. The van der Waals surface area contributed by atoms with Crippen LogP contribution in [0.1, 0.15) is 11.1 Å². The Balaban J connectivity index is 2.68. The van der Waals surface area contributed by atoms with Gasteiger partial charge in [0, 0.05) is 0 Å². The van der Waals surface area contributed by atoms with Gasteiger partial charge in [0.25, 0.3) is 10.1 Å². The molecule has 4 nitrogen and oxygen atoms in total. The second-order valence-corrected chi connectivity index (χ2v) is 5.95. The summed E-state index contributed by atoms with van der Waals surface area (Å²) in [6.07, 6.45) is 1.44. The van der Waals surface area contributed by atoms with Crippen molar-refractivity contribution in [3.8, 4) is 0 Å². The zero-order valence-corrected chi connectivity index (χ0v) is 11.7. The summed E-state index contributed by atoms with van der Waals surface area (Å²) in [5.41, 5.74) is -0.728. The first-order valence-electron chi connectivity index (χ1n) is 5.96. The Morgan fingerprint density at radius 2 is 1.30 bits per heavy atom. The van der Waals surface area contributed by atoms with E-state index in [2.05, 4.69) is 0 Å². The van der Waals surface area contributed by atoms with E-state index in [1.54, 1.807) is 60.7 Å². The highest BCUT2D eigenvalue weighted by atomic mass is 32.2. The van der Waals surface area contributed by atoms with Gasteiger partial charge >= 0.3 is 0 Å². The number of rotatable bonds is 5. The van der Waals surface area contributed by atoms with Crippen LogP contribution >= 0.6 is 0 Å². The first-order valence-corrected chi connectivity index (χ1v) is 7.77. The van der Waals surface area contributed by atoms with E-state index in [-0.39, 0.29) is 0 Å². The topological polar surface area (TPSA) is 60.4 Å². The minimum Gasteiger partial charge on any atom is -0.299 e. The molecule has 0 unspecified atom stereocenters. The van der Waals surface area contributed by atoms with Crippen LogP contribution in [0.5, 0.6) is 0 Å². The molecule has 0 radical (unpaired) electrons. The Labute approximate surface area is 118 Å². The van der Waals surface area contributed by atoms with E-state index in [0.717, 1.165) is 6.26 Å². The quantitative estimate of drug-likeness (QED) is 0.625. The van der Waals surface area contributed by atoms with Crippen molar-refractivity contribution in [1.29, 1.82) is 0 Å². The predicted molar refractivity (Wildman–Crippen MR) is 75.7 cm³/mol. The van der Waals surface area contributed by atoms with Crippen molar-refractivity contribution in [2.75, 3.05) is 6.26 Å². The zero-order valence-electron chi connectivity index (χ0n) is 10.9. The summed E-state index contributed by atoms with van der Waals surface area (Å²) in [4.78, 5) is 11.7. The molecule has 0 aromatic heterocycles. The highest BCUT2D eigenvalue weighted by Crippen LogP contribution is 2.33. The van der Waals surface area contributed by atoms with E-state index in [4.69, 9.17) is 4.18 Å². The Bertz CT molecular complexity index is 639. The normalized spacial score (nSPS) is 12.1. The van der Waals surface area contributed by atoms with Crippen LogP contribution in [0.25, 0.3) is 0 Å². The molecule has 0 N–H and O–H groups in total. The molecule has 20 heavy (non-hydrogen) atoms. The van der Waals surface area contributed by atoms with Crippen LogP contribution in [-0.2, 0) is 24.7 Å². The van der Waals surface area contributed by atoms with Gasteiger partial charge in [-0.1, -0.05) is 60.7 Å². The Kier molecular flexibility index (Phi) is 4.01. The van der Waals surface area contributed by atoms with Gasteiger partial charge in [-0.05, 0) is 11.1 Å². The van der Waals surface area contributed by atoms with Gasteiger partial charge in [-0.15, -0.1) is 0 Å². The highest BCUT2D eigenvalue weighted by molar-refractivity contribution is 7.86. The Morgan fingerprint density at radius 3 is 1.60 bits per heavy atom. The number of carbonyl (C=O) groups excluding carboxylic acids is 1. The molecule has 5 heteroatoms. The molecule has 0 heterocycles. The molecule has 2 rings (SSSR count). The summed E-state index contributed by atoms with van der Waals surface area (Å²) in [5.74, 6) is 0. The maximum absolute atomic E-state index is 11.7. The summed E-state index contributed by atoms with van der Waals surface area (Å²) in [5, 5.41) is 0. The summed E-state index contributed by atoms with van der Waals surface area (Å²) < 4.78 is 28.3. The highest BCUT2D eigenvalue weighted by Gasteiger charge is 2.38. The summed E-state index contributed by atoms with van der Waals surface area (Å²) in [7, 11) is -3.82. The minimum absolute atomic E-state index is 0.464. The SMILES string of the molecule is CS(=O)(=O)OC(C=O)(c1ccccc1)c1ccccc1. The van der Waals surface area contributed by atoms with Gasteiger partial charge in [0.15, 0.2) is 11.9 Å². The first-order chi connectivity index (χ1) is 9.48. The fourth-order valence-electron chi connectivity index (χ4n) is 2.03. The molecule has 2 aromatic rings. The van der Waals surface area contributed by atoms with Crippen LogP contribution in [0.2, 0.25) is 0 Å². The van der Waals surface area contributed by atoms with Crippen LogP contribution < -0.4 is 0 Å². The van der Waals surface area contributed by atoms with Crippen molar-refractivity contribution < 1.29 is 17.4 Å². The van der Waals surface area contributed by atoms with Gasteiger partial charge in [0.2, 0.25) is 0 Å². The molecule has 0 aliphatic heterocycles. The van der Waals surface area contributed by atoms with Gasteiger partial charge in [0.05, 0.1) is 6.26 Å². The molecule has 0 saturated heterocycles. The molecular formula is C15H14O4S. The fourth-order valence-corrected chi connectivity index (χ4v) is 2.74. The van der Waals surface area contributed by atoms with Gasteiger partial charge < -0.3 is 0 Å². The average Bonchev–Trinajstić information content (AvgIpc) is 2.46. The molecular weight excluding hydrogens is 276 g/mol. The lowest BCUT2D eigenvalue weighted by molar-refractivity contribution is -0.118. The lowest BCUT2D eigenvalue weighted by atomic mass is 9.88. The number of benzene rings is 2. The van der Waals surface area contributed by atoms with Crippen molar-refractivity contribution in [1.82, 2.24) is 0 Å². The zero-order chi connectivity index (χ0) is 14.6. The molecule has 0 aliphatic rings. The third-order valence-electron chi connectivity index (χ3n) is 2.85. The predicted octanol–water partition coefficient (Wildman–Crippen LogP) is 2.11. The largest absolute Gasteiger partial charge is 0.299 e. The third kappa shape index (κ3) is 2.95. The van der Waals surface area contributed by atoms with E-state index in [9.17, 15) is 13.2 Å². The number of aldehydes is 1.